The van der Waals surface area contributed by atoms with Gasteiger partial charge in [0.1, 0.15) is 0 Å². The van der Waals surface area contributed by atoms with E-state index in [1.54, 1.807) is 0 Å². The predicted molar refractivity (Wildman–Crippen MR) is 77.2 cm³/mol. The number of rotatable bonds is 4. The molecule has 3 atom stereocenters. The van der Waals surface area contributed by atoms with Crippen LogP contribution < -0.4 is 0 Å². The number of aliphatic carboxylic acids is 1. The van der Waals surface area contributed by atoms with E-state index < -0.39 is 11.4 Å². The van der Waals surface area contributed by atoms with Crippen LogP contribution in [0.1, 0.15) is 65.2 Å². The van der Waals surface area contributed by atoms with Crippen LogP contribution in [0.5, 0.6) is 0 Å². The minimum Gasteiger partial charge on any atom is -0.481 e. The van der Waals surface area contributed by atoms with E-state index in [2.05, 4.69) is 18.7 Å². The zero-order valence-corrected chi connectivity index (χ0v) is 12.5. The molecule has 3 heteroatoms. The highest BCUT2D eigenvalue weighted by molar-refractivity contribution is 5.75. The Hall–Kier alpha value is -0.570. The molecule has 3 unspecified atom stereocenters. The number of carboxylic acids is 1. The van der Waals surface area contributed by atoms with Crippen molar-refractivity contribution in [2.45, 2.75) is 71.3 Å². The molecule has 1 saturated carbocycles. The molecule has 1 heterocycles. The molecular weight excluding hydrogens is 238 g/mol. The molecule has 3 nitrogen and oxygen atoms in total. The summed E-state index contributed by atoms with van der Waals surface area (Å²) in [5.41, 5.74) is -0.452. The van der Waals surface area contributed by atoms with Crippen LogP contribution in [-0.2, 0) is 4.79 Å². The molecule has 19 heavy (non-hydrogen) atoms. The number of carboxylic acid groups (broad SMARTS) is 1. The Morgan fingerprint density at radius 3 is 2.79 bits per heavy atom. The quantitative estimate of drug-likeness (QED) is 0.792. The fourth-order valence-corrected chi connectivity index (χ4v) is 4.01. The lowest BCUT2D eigenvalue weighted by Crippen LogP contribution is -2.38. The van der Waals surface area contributed by atoms with E-state index >= 15 is 0 Å². The minimum absolute atomic E-state index is 0.452. The Morgan fingerprint density at radius 2 is 2.11 bits per heavy atom. The van der Waals surface area contributed by atoms with Crippen LogP contribution in [0.25, 0.3) is 0 Å². The van der Waals surface area contributed by atoms with Gasteiger partial charge in [0.15, 0.2) is 0 Å². The van der Waals surface area contributed by atoms with Crippen molar-refractivity contribution in [3.8, 4) is 0 Å². The maximum absolute atomic E-state index is 11.6. The van der Waals surface area contributed by atoms with Crippen LogP contribution in [0, 0.1) is 11.3 Å². The van der Waals surface area contributed by atoms with Gasteiger partial charge in [0.2, 0.25) is 0 Å². The maximum Gasteiger partial charge on any atom is 0.310 e. The van der Waals surface area contributed by atoms with Gasteiger partial charge in [-0.2, -0.15) is 0 Å². The summed E-state index contributed by atoms with van der Waals surface area (Å²) in [6.45, 7) is 6.23. The van der Waals surface area contributed by atoms with Crippen molar-refractivity contribution in [3.63, 3.8) is 0 Å². The van der Waals surface area contributed by atoms with Gasteiger partial charge in [-0.3, -0.25) is 9.69 Å². The molecule has 0 aromatic carbocycles. The molecule has 0 radical (unpaired) electrons. The summed E-state index contributed by atoms with van der Waals surface area (Å²) in [4.78, 5) is 14.1. The summed E-state index contributed by atoms with van der Waals surface area (Å²) in [5, 5.41) is 9.58. The van der Waals surface area contributed by atoms with Crippen LogP contribution in [0.15, 0.2) is 0 Å². The normalized spacial score (nSPS) is 37.2. The Morgan fingerprint density at radius 1 is 1.32 bits per heavy atom. The molecule has 1 saturated heterocycles. The zero-order chi connectivity index (χ0) is 13.9. The van der Waals surface area contributed by atoms with Crippen LogP contribution in [0.3, 0.4) is 0 Å². The summed E-state index contributed by atoms with van der Waals surface area (Å²) in [6.07, 6.45) is 9.18. The van der Waals surface area contributed by atoms with Crippen molar-refractivity contribution in [3.05, 3.63) is 0 Å². The first-order chi connectivity index (χ1) is 9.07. The summed E-state index contributed by atoms with van der Waals surface area (Å²) >= 11 is 0. The lowest BCUT2D eigenvalue weighted by molar-refractivity contribution is -0.148. The molecule has 110 valence electrons. The van der Waals surface area contributed by atoms with Crippen molar-refractivity contribution in [2.75, 3.05) is 13.1 Å². The summed E-state index contributed by atoms with van der Waals surface area (Å²) in [7, 11) is 0. The van der Waals surface area contributed by atoms with E-state index in [0.717, 1.165) is 38.3 Å². The van der Waals surface area contributed by atoms with Gasteiger partial charge in [-0.15, -0.1) is 0 Å². The van der Waals surface area contributed by atoms with Crippen molar-refractivity contribution in [1.82, 2.24) is 4.90 Å². The van der Waals surface area contributed by atoms with Crippen molar-refractivity contribution < 1.29 is 9.90 Å². The van der Waals surface area contributed by atoms with Gasteiger partial charge in [0.05, 0.1) is 5.41 Å². The SMILES string of the molecule is CCCC1(C(=O)O)CCN(C2CCCC(C)CC2)C1. The van der Waals surface area contributed by atoms with Gasteiger partial charge in [-0.25, -0.2) is 0 Å². The van der Waals surface area contributed by atoms with Crippen molar-refractivity contribution >= 4 is 5.97 Å². The van der Waals surface area contributed by atoms with E-state index in [1.807, 2.05) is 0 Å². The Kier molecular flexibility index (Phi) is 4.88. The first-order valence-electron chi connectivity index (χ1n) is 8.05. The largest absolute Gasteiger partial charge is 0.481 e. The van der Waals surface area contributed by atoms with Gasteiger partial charge in [0, 0.05) is 12.6 Å². The third-order valence-corrected chi connectivity index (χ3v) is 5.31. The second-order valence-electron chi connectivity index (χ2n) is 6.82. The Bertz CT molecular complexity index is 318. The molecule has 1 aliphatic heterocycles. The Balaban J connectivity index is 1.98. The molecule has 0 aromatic rings. The third-order valence-electron chi connectivity index (χ3n) is 5.31. The van der Waals surface area contributed by atoms with E-state index in [0.29, 0.717) is 6.04 Å². The van der Waals surface area contributed by atoms with E-state index in [-0.39, 0.29) is 0 Å². The van der Waals surface area contributed by atoms with Crippen LogP contribution in [0.4, 0.5) is 0 Å². The standard InChI is InChI=1S/C16H29NO2/c1-3-9-16(15(18)19)10-11-17(12-16)14-6-4-5-13(2)7-8-14/h13-14H,3-12H2,1-2H3,(H,18,19). The molecule has 1 aliphatic carbocycles. The summed E-state index contributed by atoms with van der Waals surface area (Å²) in [6, 6.07) is 0.642. The molecule has 0 aromatic heterocycles. The number of hydrogen-bond donors (Lipinski definition) is 1. The highest BCUT2D eigenvalue weighted by Crippen LogP contribution is 2.38. The highest BCUT2D eigenvalue weighted by Gasteiger charge is 2.45. The average Bonchev–Trinajstić information content (AvgIpc) is 2.68. The smallest absolute Gasteiger partial charge is 0.310 e. The fraction of sp³-hybridized carbons (Fsp3) is 0.938. The van der Waals surface area contributed by atoms with Gasteiger partial charge >= 0.3 is 5.97 Å². The van der Waals surface area contributed by atoms with Crippen molar-refractivity contribution in [1.29, 1.82) is 0 Å². The average molecular weight is 267 g/mol. The topological polar surface area (TPSA) is 40.5 Å². The van der Waals surface area contributed by atoms with E-state index in [1.165, 1.54) is 32.1 Å². The van der Waals surface area contributed by atoms with Crippen LogP contribution in [0.2, 0.25) is 0 Å². The number of carbonyl (C=O) groups is 1. The zero-order valence-electron chi connectivity index (χ0n) is 12.5. The van der Waals surface area contributed by atoms with E-state index in [9.17, 15) is 9.90 Å². The lowest BCUT2D eigenvalue weighted by Gasteiger charge is -2.29. The van der Waals surface area contributed by atoms with E-state index in [4.69, 9.17) is 0 Å². The molecular formula is C16H29NO2. The second-order valence-corrected chi connectivity index (χ2v) is 6.82. The molecule has 2 rings (SSSR count). The van der Waals surface area contributed by atoms with Crippen molar-refractivity contribution in [2.24, 2.45) is 11.3 Å². The highest BCUT2D eigenvalue weighted by atomic mass is 16.4. The van der Waals surface area contributed by atoms with Gasteiger partial charge in [0.25, 0.3) is 0 Å². The van der Waals surface area contributed by atoms with Gasteiger partial charge in [-0.05, 0) is 44.6 Å². The predicted octanol–water partition coefficient (Wildman–Crippen LogP) is 3.53. The minimum atomic E-state index is -0.571. The Labute approximate surface area is 117 Å². The third kappa shape index (κ3) is 3.31. The first kappa shape index (κ1) is 14.8. The second kappa shape index (κ2) is 6.25. The fourth-order valence-electron chi connectivity index (χ4n) is 4.01. The molecule has 2 fully saturated rings. The molecule has 0 spiro atoms. The lowest BCUT2D eigenvalue weighted by atomic mass is 9.82. The number of nitrogens with zero attached hydrogens (tertiary/aromatic N) is 1. The number of hydrogen-bond acceptors (Lipinski definition) is 2. The molecule has 2 aliphatic rings. The molecule has 0 bridgehead atoms. The molecule has 1 N–H and O–H groups in total. The van der Waals surface area contributed by atoms with Crippen LogP contribution >= 0.6 is 0 Å². The molecule has 0 amide bonds. The van der Waals surface area contributed by atoms with Gasteiger partial charge in [-0.1, -0.05) is 33.1 Å². The summed E-state index contributed by atoms with van der Waals surface area (Å²) in [5.74, 6) is 0.284. The first-order valence-corrected chi connectivity index (χ1v) is 8.05. The maximum atomic E-state index is 11.6. The van der Waals surface area contributed by atoms with Crippen LogP contribution in [-0.4, -0.2) is 35.1 Å². The number of likely N-dealkylation sites (tertiary alicyclic amines) is 1. The van der Waals surface area contributed by atoms with Gasteiger partial charge < -0.3 is 5.11 Å². The monoisotopic (exact) mass is 267 g/mol. The summed E-state index contributed by atoms with van der Waals surface area (Å²) < 4.78 is 0.